The first-order chi connectivity index (χ1) is 11.8. The maximum Gasteiger partial charge on any atom is 0.410 e. The fourth-order valence-electron chi connectivity index (χ4n) is 2.76. The van der Waals surface area contributed by atoms with Gasteiger partial charge < -0.3 is 20.1 Å². The van der Waals surface area contributed by atoms with Crippen molar-refractivity contribution < 1.29 is 14.3 Å². The summed E-state index contributed by atoms with van der Waals surface area (Å²) in [7, 11) is 0. The molecule has 1 aromatic heterocycles. The number of rotatable bonds is 3. The summed E-state index contributed by atoms with van der Waals surface area (Å²) in [4.78, 5) is 22.6. The van der Waals surface area contributed by atoms with Crippen LogP contribution in [0.15, 0.2) is 24.3 Å². The number of aromatic nitrogens is 2. The van der Waals surface area contributed by atoms with Gasteiger partial charge in [-0.3, -0.25) is 0 Å². The van der Waals surface area contributed by atoms with Crippen LogP contribution >= 0.6 is 0 Å². The molecule has 2 aromatic rings. The van der Waals surface area contributed by atoms with Crippen LogP contribution in [0.4, 0.5) is 10.6 Å². The first kappa shape index (κ1) is 17.3. The molecule has 0 aliphatic carbocycles. The molecule has 1 amide bonds. The fourth-order valence-corrected chi connectivity index (χ4v) is 2.76. The molecule has 2 heterocycles. The first-order valence-corrected chi connectivity index (χ1v) is 8.45. The van der Waals surface area contributed by atoms with Gasteiger partial charge in [0.05, 0.1) is 17.6 Å². The molecule has 0 bridgehead atoms. The number of hydrogen-bond acceptors (Lipinski definition) is 6. The number of carbonyl (C=O) groups excluding carboxylic acids is 1. The Morgan fingerprint density at radius 2 is 1.96 bits per heavy atom. The monoisotopic (exact) mass is 344 g/mol. The minimum Gasteiger partial charge on any atom is -0.475 e. The quantitative estimate of drug-likeness (QED) is 0.921. The molecule has 1 unspecified atom stereocenters. The number of benzene rings is 1. The van der Waals surface area contributed by atoms with Crippen molar-refractivity contribution in [2.24, 2.45) is 5.92 Å². The first-order valence-electron chi connectivity index (χ1n) is 8.45. The van der Waals surface area contributed by atoms with Gasteiger partial charge in [-0.1, -0.05) is 12.1 Å². The average Bonchev–Trinajstić information content (AvgIpc) is 3.00. The lowest BCUT2D eigenvalue weighted by Crippen LogP contribution is -2.35. The van der Waals surface area contributed by atoms with Gasteiger partial charge in [0.25, 0.3) is 5.88 Å². The van der Waals surface area contributed by atoms with E-state index in [-0.39, 0.29) is 17.8 Å². The lowest BCUT2D eigenvalue weighted by atomic mass is 10.1. The number of anilines is 1. The zero-order valence-electron chi connectivity index (χ0n) is 14.9. The largest absolute Gasteiger partial charge is 0.475 e. The molecule has 1 aromatic carbocycles. The van der Waals surface area contributed by atoms with Gasteiger partial charge in [0.2, 0.25) is 0 Å². The number of nitrogens with zero attached hydrogens (tertiary/aromatic N) is 3. The number of fused-ring (bicyclic) bond motifs is 1. The fraction of sp³-hybridized carbons (Fsp3) is 0.500. The van der Waals surface area contributed by atoms with E-state index in [2.05, 4.69) is 9.97 Å². The Kier molecular flexibility index (Phi) is 4.65. The average molecular weight is 344 g/mol. The van der Waals surface area contributed by atoms with E-state index in [1.165, 1.54) is 0 Å². The third-order valence-corrected chi connectivity index (χ3v) is 3.96. The van der Waals surface area contributed by atoms with E-state index in [0.717, 1.165) is 17.5 Å². The van der Waals surface area contributed by atoms with Crippen molar-refractivity contribution in [3.05, 3.63) is 24.3 Å². The molecule has 134 valence electrons. The van der Waals surface area contributed by atoms with Crippen molar-refractivity contribution in [3.63, 3.8) is 0 Å². The van der Waals surface area contributed by atoms with Gasteiger partial charge in [0.15, 0.2) is 5.82 Å². The molecule has 0 saturated carbocycles. The van der Waals surface area contributed by atoms with Gasteiger partial charge >= 0.3 is 6.09 Å². The summed E-state index contributed by atoms with van der Waals surface area (Å²) in [6.07, 6.45) is 0.583. The molecule has 7 heteroatoms. The van der Waals surface area contributed by atoms with Crippen LogP contribution in [0.3, 0.4) is 0 Å². The summed E-state index contributed by atoms with van der Waals surface area (Å²) < 4.78 is 11.2. The molecule has 1 saturated heterocycles. The highest BCUT2D eigenvalue weighted by molar-refractivity contribution is 5.76. The number of ether oxygens (including phenoxy) is 2. The van der Waals surface area contributed by atoms with Crippen molar-refractivity contribution >= 4 is 22.9 Å². The molecule has 0 spiro atoms. The van der Waals surface area contributed by atoms with Crippen molar-refractivity contribution in [1.29, 1.82) is 0 Å². The minimum absolute atomic E-state index is 0.222. The predicted octanol–water partition coefficient (Wildman–Crippen LogP) is 2.85. The molecule has 0 radical (unpaired) electrons. The number of likely N-dealkylation sites (tertiary alicyclic amines) is 1. The standard InChI is InChI=1S/C18H24N4O3/c1-18(2,3)25-17(23)22-9-8-12(10-22)11-24-16-15(19)20-13-6-4-5-7-14(13)21-16/h4-7,12H,8-11H2,1-3H3,(H2,19,20). The highest BCUT2D eigenvalue weighted by atomic mass is 16.6. The van der Waals surface area contributed by atoms with E-state index < -0.39 is 5.60 Å². The number of carbonyl (C=O) groups is 1. The summed E-state index contributed by atoms with van der Waals surface area (Å²) in [5.41, 5.74) is 6.93. The van der Waals surface area contributed by atoms with Gasteiger partial charge in [-0.25, -0.2) is 14.8 Å². The van der Waals surface area contributed by atoms with Crippen molar-refractivity contribution in [3.8, 4) is 5.88 Å². The molecule has 2 N–H and O–H groups in total. The third-order valence-electron chi connectivity index (χ3n) is 3.96. The summed E-state index contributed by atoms with van der Waals surface area (Å²) in [5.74, 6) is 0.843. The number of nitrogen functional groups attached to an aromatic ring is 1. The SMILES string of the molecule is CC(C)(C)OC(=O)N1CCC(COc2nc3ccccc3nc2N)C1. The molecule has 3 rings (SSSR count). The van der Waals surface area contributed by atoms with E-state index in [1.54, 1.807) is 4.90 Å². The van der Waals surface area contributed by atoms with Crippen LogP contribution in [0, 0.1) is 5.92 Å². The second kappa shape index (κ2) is 6.74. The Bertz CT molecular complexity index is 772. The molecule has 1 fully saturated rings. The number of hydrogen-bond donors (Lipinski definition) is 1. The van der Waals surface area contributed by atoms with Crippen molar-refractivity contribution in [2.45, 2.75) is 32.8 Å². The highest BCUT2D eigenvalue weighted by Gasteiger charge is 2.30. The van der Waals surface area contributed by atoms with Gasteiger partial charge in [-0.05, 0) is 39.3 Å². The van der Waals surface area contributed by atoms with Crippen LogP contribution in [0.2, 0.25) is 0 Å². The Labute approximate surface area is 147 Å². The lowest BCUT2D eigenvalue weighted by molar-refractivity contribution is 0.0284. The second-order valence-electron chi connectivity index (χ2n) is 7.29. The van der Waals surface area contributed by atoms with E-state index in [4.69, 9.17) is 15.2 Å². The summed E-state index contributed by atoms with van der Waals surface area (Å²) >= 11 is 0. The molecule has 1 aliphatic heterocycles. The molecular formula is C18H24N4O3. The summed E-state index contributed by atoms with van der Waals surface area (Å²) in [6, 6.07) is 7.51. The topological polar surface area (TPSA) is 90.6 Å². The predicted molar refractivity (Wildman–Crippen MR) is 95.4 cm³/mol. The van der Waals surface area contributed by atoms with Crippen molar-refractivity contribution in [2.75, 3.05) is 25.4 Å². The Morgan fingerprint density at radius 3 is 2.64 bits per heavy atom. The van der Waals surface area contributed by atoms with E-state index in [9.17, 15) is 4.79 Å². The van der Waals surface area contributed by atoms with Gasteiger partial charge in [0, 0.05) is 19.0 Å². The Morgan fingerprint density at radius 1 is 1.28 bits per heavy atom. The highest BCUT2D eigenvalue weighted by Crippen LogP contribution is 2.24. The summed E-state index contributed by atoms with van der Waals surface area (Å²) in [5, 5.41) is 0. The molecule has 25 heavy (non-hydrogen) atoms. The molecular weight excluding hydrogens is 320 g/mol. The van der Waals surface area contributed by atoms with Crippen LogP contribution in [-0.4, -0.2) is 46.3 Å². The van der Waals surface area contributed by atoms with Crippen molar-refractivity contribution in [1.82, 2.24) is 14.9 Å². The maximum atomic E-state index is 12.1. The summed E-state index contributed by atoms with van der Waals surface area (Å²) in [6.45, 7) is 7.31. The Hall–Kier alpha value is -2.57. The minimum atomic E-state index is -0.485. The zero-order valence-corrected chi connectivity index (χ0v) is 14.9. The number of nitrogens with two attached hydrogens (primary N) is 1. The van der Waals surface area contributed by atoms with Gasteiger partial charge in [0.1, 0.15) is 5.60 Å². The molecule has 1 atom stereocenters. The normalized spacial score (nSPS) is 17.7. The van der Waals surface area contributed by atoms with E-state index in [1.807, 2.05) is 45.0 Å². The maximum absolute atomic E-state index is 12.1. The van der Waals surface area contributed by atoms with Crippen LogP contribution in [0.5, 0.6) is 5.88 Å². The van der Waals surface area contributed by atoms with E-state index in [0.29, 0.717) is 25.6 Å². The van der Waals surface area contributed by atoms with E-state index >= 15 is 0 Å². The molecule has 1 aliphatic rings. The van der Waals surface area contributed by atoms with Gasteiger partial charge in [-0.15, -0.1) is 0 Å². The van der Waals surface area contributed by atoms with Crippen LogP contribution in [-0.2, 0) is 4.74 Å². The number of para-hydroxylation sites is 2. The van der Waals surface area contributed by atoms with Crippen LogP contribution < -0.4 is 10.5 Å². The zero-order chi connectivity index (χ0) is 18.0. The van der Waals surface area contributed by atoms with Crippen LogP contribution in [0.25, 0.3) is 11.0 Å². The van der Waals surface area contributed by atoms with Crippen LogP contribution in [0.1, 0.15) is 27.2 Å². The van der Waals surface area contributed by atoms with Gasteiger partial charge in [-0.2, -0.15) is 0 Å². The second-order valence-corrected chi connectivity index (χ2v) is 7.29. The molecule has 7 nitrogen and oxygen atoms in total. The lowest BCUT2D eigenvalue weighted by Gasteiger charge is -2.24. The number of amides is 1. The smallest absolute Gasteiger partial charge is 0.410 e. The Balaban J connectivity index is 1.58. The third kappa shape index (κ3) is 4.29.